The van der Waals surface area contributed by atoms with Crippen molar-refractivity contribution in [2.24, 2.45) is 0 Å². The Hall–Kier alpha value is -0.114. The maximum atomic E-state index is 8.33. The van der Waals surface area contributed by atoms with E-state index in [1.165, 1.54) is 0 Å². The van der Waals surface area contributed by atoms with Gasteiger partial charge in [-0.25, -0.2) is 0 Å². The second-order valence-corrected chi connectivity index (χ2v) is 0.500. The molecule has 0 saturated carbocycles. The molecule has 0 aromatic heterocycles. The summed E-state index contributed by atoms with van der Waals surface area (Å²) in [5, 5.41) is 33.3. The van der Waals surface area contributed by atoms with Gasteiger partial charge >= 0.3 is 57.5 Å². The Labute approximate surface area is 98.7 Å². The van der Waals surface area contributed by atoms with Gasteiger partial charge in [0.25, 0.3) is 0 Å². The Bertz CT molecular complexity index is 73.7. The summed E-state index contributed by atoms with van der Waals surface area (Å²) in [7, 11) is 0. The van der Waals surface area contributed by atoms with Crippen molar-refractivity contribution in [2.45, 2.75) is 0 Å². The smallest absolute Gasteiger partial charge is 0.652 e. The molecule has 0 aliphatic rings. The van der Waals surface area contributed by atoms with Crippen molar-refractivity contribution in [3.63, 3.8) is 0 Å². The molecule has 0 unspecified atom stereocenters. The maximum absolute atomic E-state index is 8.33. The number of hydrogen-bond acceptors (Lipinski definition) is 6. The first kappa shape index (κ1) is 22.5. The molecule has 10 heavy (non-hydrogen) atoms. The van der Waals surface area contributed by atoms with E-state index in [0.29, 0.717) is 0 Å². The minimum absolute atomic E-state index is 0. The van der Waals surface area contributed by atoms with Crippen LogP contribution in [-0.4, -0.2) is 12.3 Å². The molecule has 0 atom stereocenters. The molecule has 0 bridgehead atoms. The summed E-state index contributed by atoms with van der Waals surface area (Å²) in [4.78, 5) is 16.7. The minimum atomic E-state index is -2.33. The number of carbonyl (C=O) groups is 2. The van der Waals surface area contributed by atoms with E-state index in [1.807, 2.05) is 0 Å². The molecule has 8 heteroatoms. The third-order valence-corrected chi connectivity index (χ3v) is 0. The van der Waals surface area contributed by atoms with Crippen molar-refractivity contribution < 1.29 is 81.4 Å². The zero-order valence-electron chi connectivity index (χ0n) is 4.90. The molecular weight excluding hydrogens is 173 g/mol. The van der Waals surface area contributed by atoms with Crippen LogP contribution in [-0.2, 0) is 0 Å². The summed E-state index contributed by atoms with van der Waals surface area (Å²) >= 11 is 0. The van der Waals surface area contributed by atoms with Crippen molar-refractivity contribution >= 4 is 12.3 Å². The normalized spacial score (nSPS) is 4.80. The Morgan fingerprint density at radius 2 is 0.800 bits per heavy atom. The van der Waals surface area contributed by atoms with Crippen molar-refractivity contribution in [3.8, 4) is 0 Å². The third-order valence-electron chi connectivity index (χ3n) is 0. The molecule has 0 aliphatic heterocycles. The topological polar surface area (TPSA) is 157 Å². The fraction of sp³-hybridized carbons (Fsp3) is 0. The zero-order valence-corrected chi connectivity index (χ0v) is 8.02. The Kier molecular flexibility index (Phi) is 35.9. The minimum Gasteiger partial charge on any atom is -0.652 e. The van der Waals surface area contributed by atoms with Crippen LogP contribution in [0, 0.1) is 0 Å². The third kappa shape index (κ3) is 29000. The first-order chi connectivity index (χ1) is 3.46. The zero-order chi connectivity index (χ0) is 7.15. The van der Waals surface area contributed by atoms with Gasteiger partial charge in [0.15, 0.2) is 0 Å². The Morgan fingerprint density at radius 3 is 0.800 bits per heavy atom. The molecule has 0 aromatic carbocycles. The summed E-state index contributed by atoms with van der Waals surface area (Å²) in [5.41, 5.74) is 0. The van der Waals surface area contributed by atoms with Gasteiger partial charge in [-0.05, 0) is 12.3 Å². The van der Waals surface area contributed by atoms with Crippen LogP contribution in [0.4, 0.5) is 9.59 Å². The van der Waals surface area contributed by atoms with Gasteiger partial charge in [0.05, 0.1) is 0 Å². The average Bonchev–Trinajstić information content (AvgIpc) is 1.25. The number of carboxylic acid groups (broad SMARTS) is 4. The van der Waals surface area contributed by atoms with Crippen LogP contribution >= 0.6 is 0 Å². The van der Waals surface area contributed by atoms with E-state index in [9.17, 15) is 0 Å². The molecule has 0 aliphatic carbocycles. The molecule has 0 aromatic rings. The van der Waals surface area contributed by atoms with Crippen LogP contribution in [0.15, 0.2) is 0 Å². The standard InChI is InChI=1S/2CH2O3.K.N/c2*2-1(3)4;;/h2*(H2,2,3,4);;/q;;+1;+3/p-4. The largest absolute Gasteiger partial charge is 3.00 e. The summed E-state index contributed by atoms with van der Waals surface area (Å²) in [6.07, 6.45) is -4.67. The van der Waals surface area contributed by atoms with Gasteiger partial charge in [-0.3, -0.25) is 0 Å². The first-order valence-corrected chi connectivity index (χ1v) is 1.22. The molecule has 7 nitrogen and oxygen atoms in total. The van der Waals surface area contributed by atoms with Crippen LogP contribution in [0.5, 0.6) is 0 Å². The molecule has 0 amide bonds. The molecule has 50 valence electrons. The number of carbonyl (C=O) groups excluding carboxylic acids is 2. The monoisotopic (exact) mass is 173 g/mol. The second-order valence-electron chi connectivity index (χ2n) is 0.500. The van der Waals surface area contributed by atoms with Crippen LogP contribution in [0.25, 0.3) is 0 Å². The molecule has 0 spiro atoms. The molecule has 0 N–H and O–H groups in total. The van der Waals surface area contributed by atoms with E-state index in [0.717, 1.165) is 0 Å². The van der Waals surface area contributed by atoms with Crippen LogP contribution in [0.1, 0.15) is 0 Å². The molecular formula is C2KNO6. The molecule has 0 saturated heterocycles. The fourth-order valence-corrected chi connectivity index (χ4v) is 0. The van der Waals surface area contributed by atoms with Crippen LogP contribution in [0.2, 0.25) is 0 Å². The first-order valence-electron chi connectivity index (χ1n) is 1.22. The summed E-state index contributed by atoms with van der Waals surface area (Å²) < 4.78 is 0. The van der Waals surface area contributed by atoms with Gasteiger partial charge in [-0.1, -0.05) is 0 Å². The van der Waals surface area contributed by atoms with E-state index in [2.05, 4.69) is 0 Å². The second kappa shape index (κ2) is 16.0. The maximum Gasteiger partial charge on any atom is 3.00 e. The molecule has 0 heterocycles. The van der Waals surface area contributed by atoms with Crippen LogP contribution in [0.3, 0.4) is 0 Å². The molecule has 0 rings (SSSR count). The van der Waals surface area contributed by atoms with Crippen molar-refractivity contribution in [1.82, 2.24) is 6.15 Å². The van der Waals surface area contributed by atoms with Crippen molar-refractivity contribution in [2.75, 3.05) is 0 Å². The fourth-order valence-electron chi connectivity index (χ4n) is 0. The summed E-state index contributed by atoms with van der Waals surface area (Å²) in [6, 6.07) is 0. The van der Waals surface area contributed by atoms with Gasteiger partial charge in [-0.15, -0.1) is 0 Å². The van der Waals surface area contributed by atoms with Crippen molar-refractivity contribution in [1.29, 1.82) is 0 Å². The molecule has 0 fully saturated rings. The van der Waals surface area contributed by atoms with E-state index in [1.54, 1.807) is 0 Å². The van der Waals surface area contributed by atoms with Gasteiger partial charge in [0, 0.05) is 0 Å². The van der Waals surface area contributed by atoms with Gasteiger partial charge in [-0.2, -0.15) is 0 Å². The van der Waals surface area contributed by atoms with Crippen molar-refractivity contribution in [3.05, 3.63) is 0 Å². The van der Waals surface area contributed by atoms with Gasteiger partial charge in [0.1, 0.15) is 0 Å². The van der Waals surface area contributed by atoms with Gasteiger partial charge < -0.3 is 30.0 Å². The Balaban J connectivity index is -0.0000000300. The average molecular weight is 173 g/mol. The predicted octanol–water partition coefficient (Wildman–Crippen LogP) is -8.37. The molecule has 2 radical (unpaired) electrons. The van der Waals surface area contributed by atoms with E-state index in [-0.39, 0.29) is 57.5 Å². The predicted molar refractivity (Wildman–Crippen MR) is 12.9 cm³/mol. The number of nitrogens with zero attached hydrogens (tertiary/aromatic N) is 1. The Morgan fingerprint density at radius 1 is 0.800 bits per heavy atom. The van der Waals surface area contributed by atoms with E-state index in [4.69, 9.17) is 30.0 Å². The number of rotatable bonds is 0. The SMILES string of the molecule is O=C([O-])[O-].O=C([O-])[O-].[K+].[N+3]. The summed E-state index contributed by atoms with van der Waals surface area (Å²) in [6.45, 7) is 0. The van der Waals surface area contributed by atoms with E-state index < -0.39 is 12.3 Å². The van der Waals surface area contributed by atoms with E-state index >= 15 is 0 Å². The quantitative estimate of drug-likeness (QED) is 0.331. The number of hydrogen-bond donors (Lipinski definition) is 0. The van der Waals surface area contributed by atoms with Gasteiger partial charge in [0.2, 0.25) is 0 Å². The summed E-state index contributed by atoms with van der Waals surface area (Å²) in [5.74, 6) is 0. The van der Waals surface area contributed by atoms with Crippen LogP contribution < -0.4 is 78.0 Å².